The van der Waals surface area contributed by atoms with E-state index in [2.05, 4.69) is 93.7 Å². The lowest BCUT2D eigenvalue weighted by Crippen LogP contribution is -2.30. The second-order valence-corrected chi connectivity index (χ2v) is 19.2. The molecule has 0 aromatic heterocycles. The molecular weight excluding hydrogens is 841 g/mol. The van der Waals surface area contributed by atoms with Crippen molar-refractivity contribution in [1.29, 1.82) is 0 Å². The van der Waals surface area contributed by atoms with E-state index >= 15 is 0 Å². The Bertz CT molecular complexity index is 1270. The summed E-state index contributed by atoms with van der Waals surface area (Å²) in [7, 11) is 0. The molecule has 0 rings (SSSR count). The Hall–Kier alpha value is -3.15. The molecule has 0 fully saturated rings. The molecule has 0 aliphatic carbocycles. The first-order chi connectivity index (χ1) is 33.5. The second kappa shape index (κ2) is 56.4. The highest BCUT2D eigenvalue weighted by atomic mass is 16.6. The molecule has 0 aliphatic rings. The zero-order valence-electron chi connectivity index (χ0n) is 44.9. The van der Waals surface area contributed by atoms with E-state index in [1.165, 1.54) is 148 Å². The maximum Gasteiger partial charge on any atom is 0.306 e. The zero-order valence-corrected chi connectivity index (χ0v) is 44.9. The van der Waals surface area contributed by atoms with Crippen molar-refractivity contribution in [2.24, 2.45) is 0 Å². The van der Waals surface area contributed by atoms with Gasteiger partial charge in [-0.3, -0.25) is 14.4 Å². The van der Waals surface area contributed by atoms with Crippen LogP contribution in [0.4, 0.5) is 0 Å². The summed E-state index contributed by atoms with van der Waals surface area (Å²) < 4.78 is 16.7. The maximum absolute atomic E-state index is 12.8. The van der Waals surface area contributed by atoms with Gasteiger partial charge in [0.15, 0.2) is 6.10 Å². The number of hydrogen-bond acceptors (Lipinski definition) is 6. The molecule has 68 heavy (non-hydrogen) atoms. The van der Waals surface area contributed by atoms with Crippen LogP contribution in [0.25, 0.3) is 0 Å². The summed E-state index contributed by atoms with van der Waals surface area (Å²) in [6.45, 7) is 6.45. The number of ether oxygens (including phenoxy) is 3. The molecule has 1 unspecified atom stereocenters. The topological polar surface area (TPSA) is 78.9 Å². The first-order valence-corrected chi connectivity index (χ1v) is 28.9. The molecule has 0 bridgehead atoms. The van der Waals surface area contributed by atoms with Crippen LogP contribution < -0.4 is 0 Å². The summed E-state index contributed by atoms with van der Waals surface area (Å²) in [5.74, 6) is -0.924. The summed E-state index contributed by atoms with van der Waals surface area (Å²) in [5, 5.41) is 0. The smallest absolute Gasteiger partial charge is 0.306 e. The molecule has 0 saturated heterocycles. The largest absolute Gasteiger partial charge is 0.462 e. The van der Waals surface area contributed by atoms with Crippen molar-refractivity contribution in [2.45, 2.75) is 290 Å². The molecule has 0 amide bonds. The van der Waals surface area contributed by atoms with Crippen LogP contribution in [0.3, 0.4) is 0 Å². The van der Waals surface area contributed by atoms with Gasteiger partial charge >= 0.3 is 17.9 Å². The van der Waals surface area contributed by atoms with Crippen LogP contribution in [0, 0.1) is 0 Å². The lowest BCUT2D eigenvalue weighted by Gasteiger charge is -2.18. The van der Waals surface area contributed by atoms with Gasteiger partial charge in [0.25, 0.3) is 0 Å². The predicted molar refractivity (Wildman–Crippen MR) is 293 cm³/mol. The summed E-state index contributed by atoms with van der Waals surface area (Å²) in [5.41, 5.74) is 0. The first-order valence-electron chi connectivity index (χ1n) is 28.9. The predicted octanol–water partition coefficient (Wildman–Crippen LogP) is 19.4. The Morgan fingerprint density at radius 3 is 0.926 bits per heavy atom. The average molecular weight is 950 g/mol. The lowest BCUT2D eigenvalue weighted by atomic mass is 10.0. The monoisotopic (exact) mass is 949 g/mol. The van der Waals surface area contributed by atoms with Crippen molar-refractivity contribution in [3.63, 3.8) is 0 Å². The molecule has 392 valence electrons. The SMILES string of the molecule is CC/C=C\C/C=C\C/C=C\C/C=C\C/C=C\CCCCCC(=O)OC(COC(=O)CCCCCCCC)COC(=O)CCCCCCCCCCCCCCC/C=C\CCCCCCCCCC. The quantitative estimate of drug-likeness (QED) is 0.0262. The minimum absolute atomic E-state index is 0.0876. The standard InChI is InChI=1S/C62H108O6/c1-4-7-10-13-16-18-20-22-24-26-28-29-30-31-32-33-35-36-38-40-42-44-46-49-52-55-61(64)67-58-59(57-66-60(63)54-51-48-15-12-9-6-3)68-62(65)56-53-50-47-45-43-41-39-37-34-27-25-23-21-19-17-14-11-8-5-2/h8,11,17,19,23,25-26,28,34,37,41,43,59H,4-7,9-10,12-16,18,20-22,24,27,29-33,35-36,38-40,42,44-58H2,1-3H3/b11-8-,19-17-,25-23-,28-26-,37-34-,43-41-. The molecule has 0 aromatic carbocycles. The zero-order chi connectivity index (χ0) is 49.3. The van der Waals surface area contributed by atoms with E-state index in [1.807, 2.05) is 0 Å². The number of hydrogen-bond donors (Lipinski definition) is 0. The van der Waals surface area contributed by atoms with Crippen LogP contribution in [0.1, 0.15) is 284 Å². The van der Waals surface area contributed by atoms with Gasteiger partial charge in [-0.2, -0.15) is 0 Å². The van der Waals surface area contributed by atoms with Crippen LogP contribution in [-0.2, 0) is 28.6 Å². The third kappa shape index (κ3) is 53.8. The Kier molecular flexibility index (Phi) is 53.8. The summed E-state index contributed by atoms with van der Waals surface area (Å²) in [4.78, 5) is 37.9. The molecular formula is C62H108O6. The van der Waals surface area contributed by atoms with Crippen LogP contribution in [0.5, 0.6) is 0 Å². The van der Waals surface area contributed by atoms with Gasteiger partial charge in [-0.1, -0.05) is 248 Å². The molecule has 0 aromatic rings. The highest BCUT2D eigenvalue weighted by Crippen LogP contribution is 2.16. The molecule has 0 heterocycles. The number of rotatable bonds is 52. The Balaban J connectivity index is 4.15. The normalized spacial score (nSPS) is 12.6. The fourth-order valence-electron chi connectivity index (χ4n) is 8.11. The molecule has 0 spiro atoms. The van der Waals surface area contributed by atoms with Gasteiger partial charge in [-0.05, 0) is 89.9 Å². The van der Waals surface area contributed by atoms with E-state index in [0.717, 1.165) is 96.3 Å². The van der Waals surface area contributed by atoms with E-state index in [9.17, 15) is 14.4 Å². The third-order valence-corrected chi connectivity index (χ3v) is 12.4. The van der Waals surface area contributed by atoms with Gasteiger partial charge < -0.3 is 14.2 Å². The van der Waals surface area contributed by atoms with E-state index in [1.54, 1.807) is 0 Å². The van der Waals surface area contributed by atoms with Crippen molar-refractivity contribution in [3.8, 4) is 0 Å². The van der Waals surface area contributed by atoms with Crippen LogP contribution in [0.2, 0.25) is 0 Å². The van der Waals surface area contributed by atoms with E-state index in [4.69, 9.17) is 14.2 Å². The second-order valence-electron chi connectivity index (χ2n) is 19.2. The molecule has 0 radical (unpaired) electrons. The van der Waals surface area contributed by atoms with E-state index in [0.29, 0.717) is 19.3 Å². The summed E-state index contributed by atoms with van der Waals surface area (Å²) in [6.07, 6.45) is 72.2. The first kappa shape index (κ1) is 64.8. The van der Waals surface area contributed by atoms with Gasteiger partial charge in [0.05, 0.1) is 0 Å². The summed E-state index contributed by atoms with van der Waals surface area (Å²) >= 11 is 0. The minimum atomic E-state index is -0.789. The minimum Gasteiger partial charge on any atom is -0.462 e. The number of esters is 3. The van der Waals surface area contributed by atoms with Crippen LogP contribution in [0.15, 0.2) is 72.9 Å². The van der Waals surface area contributed by atoms with Crippen molar-refractivity contribution >= 4 is 17.9 Å². The number of carbonyl (C=O) groups is 3. The molecule has 6 nitrogen and oxygen atoms in total. The van der Waals surface area contributed by atoms with Crippen molar-refractivity contribution in [3.05, 3.63) is 72.9 Å². The van der Waals surface area contributed by atoms with E-state index < -0.39 is 6.10 Å². The van der Waals surface area contributed by atoms with Gasteiger partial charge in [0.2, 0.25) is 0 Å². The molecule has 1 atom stereocenters. The maximum atomic E-state index is 12.8. The third-order valence-electron chi connectivity index (χ3n) is 12.4. The van der Waals surface area contributed by atoms with E-state index in [-0.39, 0.29) is 31.1 Å². The fraction of sp³-hybridized carbons (Fsp3) is 0.758. The van der Waals surface area contributed by atoms with Gasteiger partial charge in [0, 0.05) is 19.3 Å². The Morgan fingerprint density at radius 2 is 0.574 bits per heavy atom. The van der Waals surface area contributed by atoms with Gasteiger partial charge in [-0.15, -0.1) is 0 Å². The molecule has 0 aliphatic heterocycles. The lowest BCUT2D eigenvalue weighted by molar-refractivity contribution is -0.167. The fourth-order valence-corrected chi connectivity index (χ4v) is 8.11. The average Bonchev–Trinajstić information content (AvgIpc) is 3.34. The molecule has 6 heteroatoms. The number of unbranched alkanes of at least 4 members (excludes halogenated alkanes) is 29. The molecule has 0 saturated carbocycles. The van der Waals surface area contributed by atoms with Crippen molar-refractivity contribution in [2.75, 3.05) is 13.2 Å². The Labute approximate surface area is 421 Å². The Morgan fingerprint density at radius 1 is 0.309 bits per heavy atom. The van der Waals surface area contributed by atoms with Crippen LogP contribution in [-0.4, -0.2) is 37.2 Å². The van der Waals surface area contributed by atoms with Crippen LogP contribution >= 0.6 is 0 Å². The van der Waals surface area contributed by atoms with Gasteiger partial charge in [-0.25, -0.2) is 0 Å². The van der Waals surface area contributed by atoms with Crippen molar-refractivity contribution < 1.29 is 28.6 Å². The number of allylic oxidation sites excluding steroid dienone is 12. The van der Waals surface area contributed by atoms with Crippen molar-refractivity contribution in [1.82, 2.24) is 0 Å². The molecule has 0 N–H and O–H groups in total. The van der Waals surface area contributed by atoms with Gasteiger partial charge in [0.1, 0.15) is 13.2 Å². The summed E-state index contributed by atoms with van der Waals surface area (Å²) in [6, 6.07) is 0. The highest BCUT2D eigenvalue weighted by Gasteiger charge is 2.19. The highest BCUT2D eigenvalue weighted by molar-refractivity contribution is 5.71. The number of carbonyl (C=O) groups excluding carboxylic acids is 3.